The summed E-state index contributed by atoms with van der Waals surface area (Å²) in [7, 11) is 0. The van der Waals surface area contributed by atoms with Gasteiger partial charge in [-0.3, -0.25) is 9.36 Å². The van der Waals surface area contributed by atoms with Crippen molar-refractivity contribution in [1.29, 1.82) is 0 Å². The molecule has 29 heavy (non-hydrogen) atoms. The minimum atomic E-state index is -0.338. The number of primary amides is 1. The van der Waals surface area contributed by atoms with E-state index < -0.39 is 0 Å². The molecule has 2 unspecified atom stereocenters. The third-order valence-electron chi connectivity index (χ3n) is 5.21. The average molecular weight is 394 g/mol. The summed E-state index contributed by atoms with van der Waals surface area (Å²) in [5.41, 5.74) is 8.12. The number of nitrogens with two attached hydrogens (primary N) is 1. The number of aromatic nitrogens is 3. The number of carbonyl (C=O) groups is 1. The molecule has 1 aliphatic rings. The second-order valence-electron chi connectivity index (χ2n) is 8.37. The van der Waals surface area contributed by atoms with Gasteiger partial charge in [-0.1, -0.05) is 26.8 Å². The van der Waals surface area contributed by atoms with E-state index in [1.54, 1.807) is 6.33 Å². The predicted molar refractivity (Wildman–Crippen MR) is 110 cm³/mol. The molecule has 1 fully saturated rings. The summed E-state index contributed by atoms with van der Waals surface area (Å²) >= 11 is 0. The van der Waals surface area contributed by atoms with Gasteiger partial charge in [0.05, 0.1) is 36.4 Å². The number of rotatable bonds is 5. The van der Waals surface area contributed by atoms with Crippen LogP contribution < -0.4 is 10.5 Å². The van der Waals surface area contributed by atoms with Crippen molar-refractivity contribution in [3.05, 3.63) is 48.0 Å². The van der Waals surface area contributed by atoms with Gasteiger partial charge in [0.1, 0.15) is 17.9 Å². The zero-order valence-electron chi connectivity index (χ0n) is 17.2. The van der Waals surface area contributed by atoms with E-state index in [1.165, 1.54) is 0 Å². The maximum atomic E-state index is 11.6. The van der Waals surface area contributed by atoms with Crippen LogP contribution in [0.5, 0.6) is 5.75 Å². The Hall–Kier alpha value is -2.93. The summed E-state index contributed by atoms with van der Waals surface area (Å²) < 4.78 is 13.4. The lowest BCUT2D eigenvalue weighted by molar-refractivity contribution is -0.154. The fraction of sp³-hybridized carbons (Fsp3) is 0.409. The SMILES string of the molecule is CCOc1cc(-n2cnc(C(C)(C)C)c2)nc2ccc(C3OCC3C(N)=O)cc12. The van der Waals surface area contributed by atoms with Gasteiger partial charge in [-0.2, -0.15) is 0 Å². The molecule has 1 aromatic carbocycles. The average Bonchev–Trinajstić information content (AvgIpc) is 3.11. The van der Waals surface area contributed by atoms with Gasteiger partial charge in [0.25, 0.3) is 0 Å². The number of hydrogen-bond donors (Lipinski definition) is 1. The summed E-state index contributed by atoms with van der Waals surface area (Å²) in [6.45, 7) is 9.23. The standard InChI is InChI=1S/C22H26N4O3/c1-5-28-17-9-19(26-10-18(24-12-26)22(2,3)4)25-16-7-6-13(8-14(16)17)20-15(11-29-20)21(23)27/h6-10,12,15,20H,5,11H2,1-4H3,(H2,23,27). The molecule has 3 aromatic rings. The van der Waals surface area contributed by atoms with Crippen LogP contribution in [0, 0.1) is 5.92 Å². The van der Waals surface area contributed by atoms with E-state index in [1.807, 2.05) is 42.0 Å². The first kappa shape index (κ1) is 19.4. The van der Waals surface area contributed by atoms with Gasteiger partial charge in [-0.25, -0.2) is 9.97 Å². The molecule has 1 aliphatic heterocycles. The van der Waals surface area contributed by atoms with Crippen LogP contribution in [0.3, 0.4) is 0 Å². The Bertz CT molecular complexity index is 1070. The Kier molecular flexibility index (Phi) is 4.78. The number of ether oxygens (including phenoxy) is 2. The van der Waals surface area contributed by atoms with Gasteiger partial charge in [-0.15, -0.1) is 0 Å². The summed E-state index contributed by atoms with van der Waals surface area (Å²) in [4.78, 5) is 20.9. The van der Waals surface area contributed by atoms with Crippen molar-refractivity contribution in [1.82, 2.24) is 14.5 Å². The van der Waals surface area contributed by atoms with E-state index in [0.29, 0.717) is 13.2 Å². The molecule has 152 valence electrons. The van der Waals surface area contributed by atoms with Crippen LogP contribution in [-0.4, -0.2) is 33.7 Å². The first-order valence-electron chi connectivity index (χ1n) is 9.81. The minimum absolute atomic E-state index is 0.0422. The van der Waals surface area contributed by atoms with Crippen LogP contribution in [0.4, 0.5) is 0 Å². The van der Waals surface area contributed by atoms with Crippen LogP contribution in [0.2, 0.25) is 0 Å². The fourth-order valence-electron chi connectivity index (χ4n) is 3.47. The number of fused-ring (bicyclic) bond motifs is 1. The van der Waals surface area contributed by atoms with E-state index in [-0.39, 0.29) is 23.3 Å². The lowest BCUT2D eigenvalue weighted by atomic mass is 9.90. The van der Waals surface area contributed by atoms with Crippen molar-refractivity contribution >= 4 is 16.8 Å². The summed E-state index contributed by atoms with van der Waals surface area (Å²) in [5, 5.41) is 0.878. The number of imidazole rings is 1. The van der Waals surface area contributed by atoms with Crippen molar-refractivity contribution < 1.29 is 14.3 Å². The predicted octanol–water partition coefficient (Wildman–Crippen LogP) is 3.29. The molecule has 0 bridgehead atoms. The highest BCUT2D eigenvalue weighted by atomic mass is 16.5. The molecule has 0 radical (unpaired) electrons. The van der Waals surface area contributed by atoms with E-state index in [2.05, 4.69) is 25.8 Å². The normalized spacial score (nSPS) is 19.2. The Balaban J connectivity index is 1.77. The maximum Gasteiger partial charge on any atom is 0.225 e. The Morgan fingerprint density at radius 1 is 1.34 bits per heavy atom. The molecule has 7 nitrogen and oxygen atoms in total. The Morgan fingerprint density at radius 3 is 2.72 bits per heavy atom. The van der Waals surface area contributed by atoms with Crippen molar-refractivity contribution in [3.8, 4) is 11.6 Å². The molecular formula is C22H26N4O3. The van der Waals surface area contributed by atoms with Crippen LogP contribution in [0.15, 0.2) is 36.8 Å². The summed E-state index contributed by atoms with van der Waals surface area (Å²) in [6, 6.07) is 7.75. The lowest BCUT2D eigenvalue weighted by Gasteiger charge is -2.35. The van der Waals surface area contributed by atoms with E-state index in [9.17, 15) is 4.79 Å². The monoisotopic (exact) mass is 394 g/mol. The molecule has 1 amide bonds. The zero-order valence-corrected chi connectivity index (χ0v) is 17.2. The van der Waals surface area contributed by atoms with Gasteiger partial charge in [-0.05, 0) is 24.6 Å². The molecule has 0 spiro atoms. The van der Waals surface area contributed by atoms with Gasteiger partial charge < -0.3 is 15.2 Å². The molecule has 2 aromatic heterocycles. The number of hydrogen-bond acceptors (Lipinski definition) is 5. The zero-order chi connectivity index (χ0) is 20.8. The molecule has 2 N–H and O–H groups in total. The molecule has 2 atom stereocenters. The third-order valence-corrected chi connectivity index (χ3v) is 5.21. The van der Waals surface area contributed by atoms with Gasteiger partial charge in [0, 0.05) is 23.1 Å². The number of amides is 1. The summed E-state index contributed by atoms with van der Waals surface area (Å²) in [6.07, 6.45) is 3.46. The minimum Gasteiger partial charge on any atom is -0.493 e. The van der Waals surface area contributed by atoms with Gasteiger partial charge in [0.15, 0.2) is 0 Å². The van der Waals surface area contributed by atoms with Crippen molar-refractivity contribution in [2.24, 2.45) is 11.7 Å². The largest absolute Gasteiger partial charge is 0.493 e. The van der Waals surface area contributed by atoms with Gasteiger partial charge in [0.2, 0.25) is 5.91 Å². The molecule has 7 heteroatoms. The van der Waals surface area contributed by atoms with Crippen molar-refractivity contribution in [2.75, 3.05) is 13.2 Å². The van der Waals surface area contributed by atoms with Gasteiger partial charge >= 0.3 is 0 Å². The molecule has 4 rings (SSSR count). The highest BCUT2D eigenvalue weighted by Gasteiger charge is 2.38. The summed E-state index contributed by atoms with van der Waals surface area (Å²) in [5.74, 6) is 0.841. The smallest absolute Gasteiger partial charge is 0.225 e. The lowest BCUT2D eigenvalue weighted by Crippen LogP contribution is -2.42. The van der Waals surface area contributed by atoms with E-state index >= 15 is 0 Å². The molecular weight excluding hydrogens is 368 g/mol. The third kappa shape index (κ3) is 3.58. The van der Waals surface area contributed by atoms with E-state index in [0.717, 1.165) is 33.7 Å². The van der Waals surface area contributed by atoms with Crippen LogP contribution in [-0.2, 0) is 14.9 Å². The van der Waals surface area contributed by atoms with Crippen LogP contribution in [0.25, 0.3) is 16.7 Å². The Labute approximate surface area is 169 Å². The molecule has 1 saturated heterocycles. The molecule has 0 saturated carbocycles. The topological polar surface area (TPSA) is 92.3 Å². The Morgan fingerprint density at radius 2 is 2.14 bits per heavy atom. The van der Waals surface area contributed by atoms with E-state index in [4.69, 9.17) is 20.2 Å². The second-order valence-corrected chi connectivity index (χ2v) is 8.37. The number of nitrogens with zero attached hydrogens (tertiary/aromatic N) is 3. The molecule has 3 heterocycles. The number of benzene rings is 1. The van der Waals surface area contributed by atoms with Crippen molar-refractivity contribution in [2.45, 2.75) is 39.2 Å². The first-order valence-corrected chi connectivity index (χ1v) is 9.81. The highest BCUT2D eigenvalue weighted by molar-refractivity contribution is 5.87. The number of pyridine rings is 1. The van der Waals surface area contributed by atoms with Crippen molar-refractivity contribution in [3.63, 3.8) is 0 Å². The quantitative estimate of drug-likeness (QED) is 0.717. The number of carbonyl (C=O) groups excluding carboxylic acids is 1. The highest BCUT2D eigenvalue weighted by Crippen LogP contribution is 2.38. The first-order chi connectivity index (χ1) is 13.8. The van der Waals surface area contributed by atoms with Crippen LogP contribution >= 0.6 is 0 Å². The maximum absolute atomic E-state index is 11.6. The second kappa shape index (κ2) is 7.15. The fourth-order valence-corrected chi connectivity index (χ4v) is 3.47. The van der Waals surface area contributed by atoms with Crippen LogP contribution in [0.1, 0.15) is 45.1 Å². The molecule has 0 aliphatic carbocycles.